The first-order valence-corrected chi connectivity index (χ1v) is 2.98. The van der Waals surface area contributed by atoms with E-state index in [0.717, 1.165) is 0 Å². The lowest BCUT2D eigenvalue weighted by Crippen LogP contribution is -3.00. The van der Waals surface area contributed by atoms with Crippen molar-refractivity contribution in [2.75, 3.05) is 0 Å². The van der Waals surface area contributed by atoms with Crippen LogP contribution in [0.25, 0.3) is 0 Å². The minimum Gasteiger partial charge on any atom is -1.00 e. The van der Waals surface area contributed by atoms with Crippen LogP contribution in [0.15, 0.2) is 30.6 Å². The molecule has 0 aliphatic heterocycles. The molecule has 0 N–H and O–H groups in total. The molecule has 0 aliphatic rings. The first-order valence-electron chi connectivity index (χ1n) is 2.02. The van der Waals surface area contributed by atoms with E-state index in [9.17, 15) is 0 Å². The van der Waals surface area contributed by atoms with Crippen LogP contribution in [-0.2, 0) is 0 Å². The van der Waals surface area contributed by atoms with E-state index in [2.05, 4.69) is 22.9 Å². The second-order valence-corrected chi connectivity index (χ2v) is 2.33. The van der Waals surface area contributed by atoms with Gasteiger partial charge < -0.3 is 12.4 Å². The molecule has 0 atom stereocenters. The average Bonchev–Trinajstić information content (AvgIpc) is 1.69. The van der Waals surface area contributed by atoms with Crippen molar-refractivity contribution in [1.82, 2.24) is 0 Å². The third-order valence-electron chi connectivity index (χ3n) is 0.679. The molecule has 0 saturated carbocycles. The molecular formula is C5H5ClIN. The summed E-state index contributed by atoms with van der Waals surface area (Å²) in [7, 11) is 0. The number of hydrogen-bond acceptors (Lipinski definition) is 0. The molecule has 1 heterocycles. The molecular weight excluding hydrogens is 236 g/mol. The maximum Gasteiger partial charge on any atom is 0.353 e. The van der Waals surface area contributed by atoms with Gasteiger partial charge in [0.25, 0.3) is 0 Å². The van der Waals surface area contributed by atoms with Crippen molar-refractivity contribution in [2.24, 2.45) is 0 Å². The van der Waals surface area contributed by atoms with Crippen LogP contribution in [0.2, 0.25) is 0 Å². The van der Waals surface area contributed by atoms with E-state index >= 15 is 0 Å². The Morgan fingerprint density at radius 3 is 1.75 bits per heavy atom. The Balaban J connectivity index is 0.000000490. The van der Waals surface area contributed by atoms with Crippen LogP contribution in [0.5, 0.6) is 0 Å². The van der Waals surface area contributed by atoms with Crippen molar-refractivity contribution in [1.29, 1.82) is 0 Å². The van der Waals surface area contributed by atoms with Gasteiger partial charge in [0, 0.05) is 12.1 Å². The second kappa shape index (κ2) is 4.09. The SMILES string of the molecule is I[n+]1ccccc1.[Cl-]. The van der Waals surface area contributed by atoms with Gasteiger partial charge in [-0.25, -0.2) is 0 Å². The summed E-state index contributed by atoms with van der Waals surface area (Å²) >= 11 is 2.20. The Bertz CT molecular complexity index is 142. The van der Waals surface area contributed by atoms with Gasteiger partial charge in [0.05, 0.1) is 0 Å². The predicted octanol–water partition coefficient (Wildman–Crippen LogP) is -1.82. The molecule has 1 rings (SSSR count). The van der Waals surface area contributed by atoms with E-state index < -0.39 is 0 Å². The van der Waals surface area contributed by atoms with Gasteiger partial charge in [-0.05, 0) is 0 Å². The quantitative estimate of drug-likeness (QED) is 0.471. The monoisotopic (exact) mass is 241 g/mol. The third-order valence-corrected chi connectivity index (χ3v) is 1.32. The Kier molecular flexibility index (Phi) is 4.18. The minimum atomic E-state index is 0. The zero-order valence-corrected chi connectivity index (χ0v) is 7.00. The largest absolute Gasteiger partial charge is 1.00 e. The zero-order valence-electron chi connectivity index (χ0n) is 4.09. The first-order chi connectivity index (χ1) is 3.39. The molecule has 0 fully saturated rings. The maximum atomic E-state index is 2.20. The van der Waals surface area contributed by atoms with Gasteiger partial charge in [-0.15, -0.1) is 2.78 Å². The van der Waals surface area contributed by atoms with Gasteiger partial charge in [0.15, 0.2) is 12.4 Å². The molecule has 0 spiro atoms. The Hall–Kier alpha value is 0.170. The molecule has 0 bridgehead atoms. The normalized spacial score (nSPS) is 7.62. The number of aromatic nitrogens is 1. The number of rotatable bonds is 0. The highest BCUT2D eigenvalue weighted by Crippen LogP contribution is 1.77. The van der Waals surface area contributed by atoms with Crippen LogP contribution in [-0.4, -0.2) is 0 Å². The number of halogens is 2. The summed E-state index contributed by atoms with van der Waals surface area (Å²) in [5.74, 6) is 0. The van der Waals surface area contributed by atoms with Gasteiger partial charge in [-0.2, -0.15) is 0 Å². The van der Waals surface area contributed by atoms with E-state index in [0.29, 0.717) is 0 Å². The van der Waals surface area contributed by atoms with Crippen molar-refractivity contribution in [3.05, 3.63) is 30.6 Å². The van der Waals surface area contributed by atoms with Crippen LogP contribution < -0.4 is 15.2 Å². The molecule has 1 aromatic heterocycles. The summed E-state index contributed by atoms with van der Waals surface area (Å²) < 4.78 is 1.97. The van der Waals surface area contributed by atoms with Gasteiger partial charge in [0.2, 0.25) is 0 Å². The number of nitrogens with zero attached hydrogens (tertiary/aromatic N) is 1. The molecule has 0 saturated heterocycles. The van der Waals surface area contributed by atoms with E-state index in [1.54, 1.807) is 0 Å². The number of pyridine rings is 1. The molecule has 0 radical (unpaired) electrons. The van der Waals surface area contributed by atoms with Gasteiger partial charge in [0.1, 0.15) is 0 Å². The summed E-state index contributed by atoms with van der Waals surface area (Å²) in [6.45, 7) is 0. The fraction of sp³-hybridized carbons (Fsp3) is 0. The van der Waals surface area contributed by atoms with Crippen molar-refractivity contribution >= 4 is 22.9 Å². The summed E-state index contributed by atoms with van der Waals surface area (Å²) in [6, 6.07) is 5.98. The Labute approximate surface area is 68.6 Å². The topological polar surface area (TPSA) is 3.88 Å². The van der Waals surface area contributed by atoms with Crippen LogP contribution in [0, 0.1) is 0 Å². The summed E-state index contributed by atoms with van der Waals surface area (Å²) in [5.41, 5.74) is 0. The maximum absolute atomic E-state index is 2.20. The highest BCUT2D eigenvalue weighted by Gasteiger charge is 1.82. The summed E-state index contributed by atoms with van der Waals surface area (Å²) in [6.07, 6.45) is 3.97. The predicted molar refractivity (Wildman–Crippen MR) is 36.1 cm³/mol. The van der Waals surface area contributed by atoms with Gasteiger partial charge in [-0.3, -0.25) is 0 Å². The highest BCUT2D eigenvalue weighted by atomic mass is 127. The molecule has 0 amide bonds. The standard InChI is InChI=1S/C5H5IN.ClH/c6-7-4-2-1-3-5-7;/h1-5H;1H/q+1;/p-1. The molecule has 3 heteroatoms. The van der Waals surface area contributed by atoms with Crippen LogP contribution in [0.4, 0.5) is 0 Å². The molecule has 0 unspecified atom stereocenters. The van der Waals surface area contributed by atoms with Crippen molar-refractivity contribution in [2.45, 2.75) is 0 Å². The van der Waals surface area contributed by atoms with Crippen molar-refractivity contribution < 1.29 is 15.2 Å². The molecule has 0 aromatic carbocycles. The lowest BCUT2D eigenvalue weighted by atomic mass is 10.5. The van der Waals surface area contributed by atoms with E-state index in [4.69, 9.17) is 0 Å². The van der Waals surface area contributed by atoms with E-state index in [1.165, 1.54) is 0 Å². The van der Waals surface area contributed by atoms with Crippen molar-refractivity contribution in [3.63, 3.8) is 0 Å². The molecule has 44 valence electrons. The minimum absolute atomic E-state index is 0. The van der Waals surface area contributed by atoms with Crippen LogP contribution in [0.1, 0.15) is 0 Å². The number of hydrogen-bond donors (Lipinski definition) is 0. The Morgan fingerprint density at radius 2 is 1.50 bits per heavy atom. The fourth-order valence-corrected chi connectivity index (χ4v) is 0.749. The summed E-state index contributed by atoms with van der Waals surface area (Å²) in [4.78, 5) is 0. The van der Waals surface area contributed by atoms with E-state index in [1.807, 2.05) is 33.4 Å². The fourth-order valence-electron chi connectivity index (χ4n) is 0.378. The van der Waals surface area contributed by atoms with Gasteiger partial charge >= 0.3 is 22.9 Å². The highest BCUT2D eigenvalue weighted by molar-refractivity contribution is 14.1. The van der Waals surface area contributed by atoms with Gasteiger partial charge in [-0.1, -0.05) is 6.07 Å². The van der Waals surface area contributed by atoms with E-state index in [-0.39, 0.29) is 12.4 Å². The first kappa shape index (κ1) is 8.17. The lowest BCUT2D eigenvalue weighted by molar-refractivity contribution is -0.440. The average molecular weight is 241 g/mol. The second-order valence-electron chi connectivity index (χ2n) is 1.22. The molecule has 1 nitrogen and oxygen atoms in total. The molecule has 1 aromatic rings. The van der Waals surface area contributed by atoms with Crippen LogP contribution in [0.3, 0.4) is 0 Å². The molecule has 8 heavy (non-hydrogen) atoms. The third kappa shape index (κ3) is 2.47. The summed E-state index contributed by atoms with van der Waals surface area (Å²) in [5, 5.41) is 0. The van der Waals surface area contributed by atoms with Crippen molar-refractivity contribution in [3.8, 4) is 0 Å². The van der Waals surface area contributed by atoms with Crippen LogP contribution >= 0.6 is 22.9 Å². The zero-order chi connectivity index (χ0) is 5.11. The lowest BCUT2D eigenvalue weighted by Gasteiger charge is -1.73. The Morgan fingerprint density at radius 1 is 1.00 bits per heavy atom. The molecule has 0 aliphatic carbocycles. The smallest absolute Gasteiger partial charge is 0.353 e.